The highest BCUT2D eigenvalue weighted by Crippen LogP contribution is 2.22. The van der Waals surface area contributed by atoms with Crippen LogP contribution in [0.25, 0.3) is 0 Å². The Bertz CT molecular complexity index is 362. The third kappa shape index (κ3) is 1.40. The van der Waals surface area contributed by atoms with Crippen molar-refractivity contribution in [3.63, 3.8) is 0 Å². The number of aryl methyl sites for hydroxylation is 1. The van der Waals surface area contributed by atoms with Crippen LogP contribution in [-0.2, 0) is 11.2 Å². The van der Waals surface area contributed by atoms with Crippen LogP contribution in [0.3, 0.4) is 0 Å². The Morgan fingerprint density at radius 2 is 2.36 bits per heavy atom. The molecule has 0 spiro atoms. The van der Waals surface area contributed by atoms with Crippen LogP contribution in [0.1, 0.15) is 12.5 Å². The number of β-lactam (4-membered cyclic amide) rings is 1. The highest BCUT2D eigenvalue weighted by Gasteiger charge is 2.34. The van der Waals surface area contributed by atoms with Gasteiger partial charge in [0.1, 0.15) is 6.04 Å². The fourth-order valence-corrected chi connectivity index (χ4v) is 1.63. The summed E-state index contributed by atoms with van der Waals surface area (Å²) in [5.41, 5.74) is 7.74. The Labute approximate surface area is 83.5 Å². The van der Waals surface area contributed by atoms with Crippen LogP contribution >= 0.6 is 0 Å². The van der Waals surface area contributed by atoms with Crippen LogP contribution in [0.15, 0.2) is 24.3 Å². The molecule has 1 aromatic carbocycles. The SMILES string of the molecule is CCc1cccc(N2CC(N)C2=O)c1. The molecule has 74 valence electrons. The molecule has 1 aliphatic heterocycles. The first-order valence-corrected chi connectivity index (χ1v) is 4.88. The average molecular weight is 190 g/mol. The molecule has 0 saturated carbocycles. The Morgan fingerprint density at radius 1 is 1.57 bits per heavy atom. The van der Waals surface area contributed by atoms with E-state index in [-0.39, 0.29) is 11.9 Å². The zero-order valence-corrected chi connectivity index (χ0v) is 8.23. The molecule has 1 unspecified atom stereocenters. The number of hydrogen-bond acceptors (Lipinski definition) is 2. The number of hydrogen-bond donors (Lipinski definition) is 1. The van der Waals surface area contributed by atoms with Crippen molar-refractivity contribution in [2.24, 2.45) is 5.73 Å². The first-order valence-electron chi connectivity index (χ1n) is 4.88. The number of carbonyl (C=O) groups excluding carboxylic acids is 1. The number of anilines is 1. The topological polar surface area (TPSA) is 46.3 Å². The zero-order valence-electron chi connectivity index (χ0n) is 8.23. The predicted molar refractivity (Wildman–Crippen MR) is 56.1 cm³/mol. The van der Waals surface area contributed by atoms with Gasteiger partial charge in [0.05, 0.1) is 6.54 Å². The molecule has 1 amide bonds. The van der Waals surface area contributed by atoms with Gasteiger partial charge in [-0.2, -0.15) is 0 Å². The van der Waals surface area contributed by atoms with Crippen molar-refractivity contribution in [2.75, 3.05) is 11.4 Å². The molecule has 2 rings (SSSR count). The molecule has 1 atom stereocenters. The Kier molecular flexibility index (Phi) is 2.25. The highest BCUT2D eigenvalue weighted by molar-refractivity contribution is 6.03. The van der Waals surface area contributed by atoms with Gasteiger partial charge in [0.25, 0.3) is 0 Å². The predicted octanol–water partition coefficient (Wildman–Crippen LogP) is 0.923. The minimum absolute atomic E-state index is 0.0262. The summed E-state index contributed by atoms with van der Waals surface area (Å²) < 4.78 is 0. The summed E-state index contributed by atoms with van der Waals surface area (Å²) in [7, 11) is 0. The van der Waals surface area contributed by atoms with Gasteiger partial charge < -0.3 is 10.6 Å². The van der Waals surface area contributed by atoms with E-state index in [0.717, 1.165) is 12.1 Å². The molecule has 2 N–H and O–H groups in total. The lowest BCUT2D eigenvalue weighted by molar-refractivity contribution is -0.123. The number of carbonyl (C=O) groups is 1. The molecule has 14 heavy (non-hydrogen) atoms. The van der Waals surface area contributed by atoms with Gasteiger partial charge in [-0.3, -0.25) is 4.79 Å². The van der Waals surface area contributed by atoms with Gasteiger partial charge in [-0.05, 0) is 24.1 Å². The van der Waals surface area contributed by atoms with Gasteiger partial charge in [-0.25, -0.2) is 0 Å². The van der Waals surface area contributed by atoms with E-state index in [1.165, 1.54) is 5.56 Å². The molecule has 3 nitrogen and oxygen atoms in total. The largest absolute Gasteiger partial charge is 0.318 e. The Balaban J connectivity index is 2.21. The second kappa shape index (κ2) is 3.42. The monoisotopic (exact) mass is 190 g/mol. The number of rotatable bonds is 2. The van der Waals surface area contributed by atoms with E-state index in [4.69, 9.17) is 5.73 Å². The molecular weight excluding hydrogens is 176 g/mol. The summed E-state index contributed by atoms with van der Waals surface area (Å²) in [5, 5.41) is 0. The maximum atomic E-state index is 11.4. The molecule has 0 aliphatic carbocycles. The van der Waals surface area contributed by atoms with Crippen LogP contribution in [-0.4, -0.2) is 18.5 Å². The molecular formula is C11H14N2O. The Morgan fingerprint density at radius 3 is 2.93 bits per heavy atom. The lowest BCUT2D eigenvalue weighted by Crippen LogP contribution is -2.61. The molecule has 1 saturated heterocycles. The van der Waals surface area contributed by atoms with Gasteiger partial charge in [0.15, 0.2) is 0 Å². The molecule has 1 aromatic rings. The maximum absolute atomic E-state index is 11.4. The fraction of sp³-hybridized carbons (Fsp3) is 0.364. The van der Waals surface area contributed by atoms with E-state index < -0.39 is 0 Å². The highest BCUT2D eigenvalue weighted by atomic mass is 16.2. The number of nitrogens with two attached hydrogens (primary N) is 1. The summed E-state index contributed by atoms with van der Waals surface area (Å²) in [6.07, 6.45) is 0.988. The van der Waals surface area contributed by atoms with E-state index in [9.17, 15) is 4.79 Å². The van der Waals surface area contributed by atoms with Crippen molar-refractivity contribution in [3.8, 4) is 0 Å². The zero-order chi connectivity index (χ0) is 10.1. The van der Waals surface area contributed by atoms with Crippen molar-refractivity contribution in [1.29, 1.82) is 0 Å². The standard InChI is InChI=1S/C11H14N2O/c1-2-8-4-3-5-9(6-8)13-7-10(12)11(13)14/h3-6,10H,2,7,12H2,1H3. The molecule has 1 heterocycles. The van der Waals surface area contributed by atoms with E-state index >= 15 is 0 Å². The van der Waals surface area contributed by atoms with Crippen molar-refractivity contribution < 1.29 is 4.79 Å². The van der Waals surface area contributed by atoms with Gasteiger partial charge in [-0.15, -0.1) is 0 Å². The van der Waals surface area contributed by atoms with Crippen molar-refractivity contribution in [2.45, 2.75) is 19.4 Å². The molecule has 1 fully saturated rings. The summed E-state index contributed by atoms with van der Waals surface area (Å²) in [6.45, 7) is 2.74. The van der Waals surface area contributed by atoms with Gasteiger partial charge in [0, 0.05) is 5.69 Å². The maximum Gasteiger partial charge on any atom is 0.245 e. The van der Waals surface area contributed by atoms with Crippen molar-refractivity contribution in [1.82, 2.24) is 0 Å². The average Bonchev–Trinajstić information content (AvgIpc) is 2.25. The Hall–Kier alpha value is -1.35. The van der Waals surface area contributed by atoms with Gasteiger partial charge >= 0.3 is 0 Å². The third-order valence-corrected chi connectivity index (χ3v) is 2.59. The number of amides is 1. The molecule has 0 bridgehead atoms. The number of nitrogens with zero attached hydrogens (tertiary/aromatic N) is 1. The van der Waals surface area contributed by atoms with Crippen LogP contribution < -0.4 is 10.6 Å². The first kappa shape index (κ1) is 9.21. The third-order valence-electron chi connectivity index (χ3n) is 2.59. The van der Waals surface area contributed by atoms with Crippen LogP contribution in [0.5, 0.6) is 0 Å². The molecule has 0 aromatic heterocycles. The normalized spacial score (nSPS) is 20.9. The number of benzene rings is 1. The van der Waals surface area contributed by atoms with Crippen molar-refractivity contribution in [3.05, 3.63) is 29.8 Å². The lowest BCUT2D eigenvalue weighted by Gasteiger charge is -2.36. The van der Waals surface area contributed by atoms with E-state index in [1.807, 2.05) is 18.2 Å². The summed E-state index contributed by atoms with van der Waals surface area (Å²) in [4.78, 5) is 13.1. The minimum Gasteiger partial charge on any atom is -0.318 e. The minimum atomic E-state index is -0.291. The summed E-state index contributed by atoms with van der Waals surface area (Å²) in [6, 6.07) is 7.74. The second-order valence-corrected chi connectivity index (χ2v) is 3.58. The smallest absolute Gasteiger partial charge is 0.245 e. The molecule has 1 aliphatic rings. The van der Waals surface area contributed by atoms with E-state index in [1.54, 1.807) is 4.90 Å². The van der Waals surface area contributed by atoms with Crippen LogP contribution in [0, 0.1) is 0 Å². The van der Waals surface area contributed by atoms with Crippen LogP contribution in [0.4, 0.5) is 5.69 Å². The second-order valence-electron chi connectivity index (χ2n) is 3.58. The quantitative estimate of drug-likeness (QED) is 0.705. The molecule has 0 radical (unpaired) electrons. The summed E-state index contributed by atoms with van der Waals surface area (Å²) >= 11 is 0. The van der Waals surface area contributed by atoms with E-state index in [0.29, 0.717) is 6.54 Å². The van der Waals surface area contributed by atoms with Gasteiger partial charge in [-0.1, -0.05) is 19.1 Å². The molecule has 3 heteroatoms. The van der Waals surface area contributed by atoms with Gasteiger partial charge in [0.2, 0.25) is 5.91 Å². The first-order chi connectivity index (χ1) is 6.72. The van der Waals surface area contributed by atoms with E-state index in [2.05, 4.69) is 13.0 Å². The lowest BCUT2D eigenvalue weighted by atomic mass is 10.1. The van der Waals surface area contributed by atoms with Crippen LogP contribution in [0.2, 0.25) is 0 Å². The summed E-state index contributed by atoms with van der Waals surface area (Å²) in [5.74, 6) is 0.0262. The fourth-order valence-electron chi connectivity index (χ4n) is 1.63. The van der Waals surface area contributed by atoms with Crippen molar-refractivity contribution >= 4 is 11.6 Å².